The molecule has 1 atom stereocenters. The van der Waals surface area contributed by atoms with Gasteiger partial charge in [0.1, 0.15) is 11.4 Å². The second-order valence-electron chi connectivity index (χ2n) is 9.27. The van der Waals surface area contributed by atoms with E-state index in [0.29, 0.717) is 17.9 Å². The van der Waals surface area contributed by atoms with Gasteiger partial charge in [0.2, 0.25) is 11.5 Å². The maximum Gasteiger partial charge on any atom is 0.345 e. The summed E-state index contributed by atoms with van der Waals surface area (Å²) in [6, 6.07) is 9.02. The third-order valence-corrected chi connectivity index (χ3v) is 5.29. The maximum atomic E-state index is 12.4. The third-order valence-electron chi connectivity index (χ3n) is 5.29. The molecule has 10 nitrogen and oxygen atoms in total. The highest BCUT2D eigenvalue weighted by atomic mass is 16.5. The molecule has 0 amide bonds. The van der Waals surface area contributed by atoms with Gasteiger partial charge in [-0.3, -0.25) is 9.48 Å². The summed E-state index contributed by atoms with van der Waals surface area (Å²) in [5.41, 5.74) is 2.04. The first kappa shape index (κ1) is 23.8. The van der Waals surface area contributed by atoms with E-state index >= 15 is 0 Å². The summed E-state index contributed by atoms with van der Waals surface area (Å²) in [5, 5.41) is 18.1. The molecule has 1 unspecified atom stereocenters. The molecule has 0 saturated heterocycles. The van der Waals surface area contributed by atoms with Gasteiger partial charge in [-0.05, 0) is 11.6 Å². The largest absolute Gasteiger partial charge is 0.478 e. The Morgan fingerprint density at radius 3 is 2.51 bits per heavy atom. The molecule has 0 fully saturated rings. The zero-order valence-electron chi connectivity index (χ0n) is 19.9. The number of benzene rings is 1. The average molecular weight is 475 g/mol. The molecule has 0 bridgehead atoms. The number of aryl methyl sites for hydroxylation is 1. The Bertz CT molecular complexity index is 1400. The van der Waals surface area contributed by atoms with E-state index in [1.165, 1.54) is 18.5 Å². The molecule has 35 heavy (non-hydrogen) atoms. The monoisotopic (exact) mass is 474 g/mol. The molecule has 180 valence electrons. The van der Waals surface area contributed by atoms with E-state index in [2.05, 4.69) is 20.2 Å². The van der Waals surface area contributed by atoms with Crippen molar-refractivity contribution in [1.29, 1.82) is 0 Å². The lowest BCUT2D eigenvalue weighted by Crippen LogP contribution is -2.39. The van der Waals surface area contributed by atoms with Crippen molar-refractivity contribution in [3.05, 3.63) is 82.8 Å². The Kier molecular flexibility index (Phi) is 6.46. The minimum absolute atomic E-state index is 0.153. The Morgan fingerprint density at radius 1 is 1.14 bits per heavy atom. The average Bonchev–Trinajstić information content (AvgIpc) is 3.25. The lowest BCUT2D eigenvalue weighted by molar-refractivity contribution is -0.150. The zero-order chi connectivity index (χ0) is 25.2. The van der Waals surface area contributed by atoms with Crippen molar-refractivity contribution < 1.29 is 14.6 Å². The molecule has 0 aliphatic heterocycles. The molecule has 4 aromatic rings. The second-order valence-corrected chi connectivity index (χ2v) is 9.27. The number of ether oxygens (including phenoxy) is 1. The van der Waals surface area contributed by atoms with Crippen molar-refractivity contribution >= 4 is 5.97 Å². The molecule has 0 spiro atoms. The molecule has 0 aliphatic carbocycles. The van der Waals surface area contributed by atoms with Gasteiger partial charge >= 0.3 is 5.97 Å². The fraction of sp³-hybridized carbons (Fsp3) is 0.280. The summed E-state index contributed by atoms with van der Waals surface area (Å²) in [5.74, 6) is -0.321. The van der Waals surface area contributed by atoms with Crippen LogP contribution in [-0.4, -0.2) is 46.7 Å². The van der Waals surface area contributed by atoms with Gasteiger partial charge < -0.3 is 9.84 Å². The zero-order valence-corrected chi connectivity index (χ0v) is 19.9. The smallest absolute Gasteiger partial charge is 0.345 e. The van der Waals surface area contributed by atoms with E-state index in [1.807, 2.05) is 37.5 Å². The number of aromatic nitrogens is 6. The molecular weight excluding hydrogens is 448 g/mol. The summed E-state index contributed by atoms with van der Waals surface area (Å²) < 4.78 is 8.91. The normalized spacial score (nSPS) is 12.3. The Morgan fingerprint density at radius 2 is 1.89 bits per heavy atom. The van der Waals surface area contributed by atoms with Gasteiger partial charge in [0.05, 0.1) is 24.8 Å². The van der Waals surface area contributed by atoms with Crippen LogP contribution in [0.25, 0.3) is 17.1 Å². The van der Waals surface area contributed by atoms with E-state index in [4.69, 9.17) is 4.74 Å². The lowest BCUT2D eigenvalue weighted by Gasteiger charge is -2.27. The van der Waals surface area contributed by atoms with Crippen LogP contribution in [0.3, 0.4) is 0 Å². The van der Waals surface area contributed by atoms with Crippen LogP contribution in [0, 0.1) is 5.41 Å². The number of hydrogen-bond acceptors (Lipinski definition) is 7. The van der Waals surface area contributed by atoms with E-state index in [0.717, 1.165) is 16.8 Å². The summed E-state index contributed by atoms with van der Waals surface area (Å²) >= 11 is 0. The molecule has 0 radical (unpaired) electrons. The molecular formula is C25H26N6O4. The van der Waals surface area contributed by atoms with E-state index in [9.17, 15) is 14.7 Å². The number of carbonyl (C=O) groups is 1. The molecule has 1 aromatic carbocycles. The second kappa shape index (κ2) is 9.49. The molecule has 10 heteroatoms. The molecule has 1 N–H and O–H groups in total. The highest BCUT2D eigenvalue weighted by Crippen LogP contribution is 2.25. The van der Waals surface area contributed by atoms with Crippen LogP contribution < -0.4 is 10.2 Å². The Labute approximate surface area is 201 Å². The first-order valence-electron chi connectivity index (χ1n) is 11.0. The Balaban J connectivity index is 1.54. The molecule has 3 heterocycles. The van der Waals surface area contributed by atoms with Gasteiger partial charge in [-0.1, -0.05) is 39.0 Å². The maximum absolute atomic E-state index is 12.4. The van der Waals surface area contributed by atoms with Crippen LogP contribution in [0.1, 0.15) is 32.0 Å². The number of nitrogens with zero attached hydrogens (tertiary/aromatic N) is 6. The lowest BCUT2D eigenvalue weighted by atomic mass is 9.89. The van der Waals surface area contributed by atoms with Crippen LogP contribution >= 0.6 is 0 Å². The van der Waals surface area contributed by atoms with E-state index in [1.54, 1.807) is 42.5 Å². The van der Waals surface area contributed by atoms with E-state index < -0.39 is 17.5 Å². The number of carboxylic acids is 1. The predicted octanol–water partition coefficient (Wildman–Crippen LogP) is 2.89. The first-order valence-corrected chi connectivity index (χ1v) is 11.0. The minimum Gasteiger partial charge on any atom is -0.478 e. The van der Waals surface area contributed by atoms with Crippen molar-refractivity contribution in [3.8, 4) is 22.8 Å². The first-order chi connectivity index (χ1) is 16.6. The molecule has 0 aliphatic rings. The summed E-state index contributed by atoms with van der Waals surface area (Å²) in [6.45, 7) is 5.37. The van der Waals surface area contributed by atoms with Gasteiger partial charge in [-0.15, -0.1) is 0 Å². The predicted molar refractivity (Wildman–Crippen MR) is 128 cm³/mol. The number of aliphatic carboxylic acids is 1. The highest BCUT2D eigenvalue weighted by molar-refractivity contribution is 5.73. The van der Waals surface area contributed by atoms with Gasteiger partial charge in [-0.25, -0.2) is 19.4 Å². The molecule has 4 rings (SSSR count). The van der Waals surface area contributed by atoms with Crippen LogP contribution in [0.2, 0.25) is 0 Å². The van der Waals surface area contributed by atoms with Crippen molar-refractivity contribution in [1.82, 2.24) is 29.5 Å². The fourth-order valence-electron chi connectivity index (χ4n) is 3.51. The third kappa shape index (κ3) is 5.60. The van der Waals surface area contributed by atoms with Gasteiger partial charge in [0, 0.05) is 36.7 Å². The van der Waals surface area contributed by atoms with Gasteiger partial charge in [0.15, 0.2) is 11.6 Å². The summed E-state index contributed by atoms with van der Waals surface area (Å²) in [6.07, 6.45) is 7.32. The quantitative estimate of drug-likeness (QED) is 0.433. The van der Waals surface area contributed by atoms with E-state index in [-0.39, 0.29) is 11.2 Å². The molecule has 3 aromatic heterocycles. The van der Waals surface area contributed by atoms with Gasteiger partial charge in [-0.2, -0.15) is 10.2 Å². The van der Waals surface area contributed by atoms with Crippen molar-refractivity contribution in [2.75, 3.05) is 0 Å². The Hall–Kier alpha value is -4.34. The van der Waals surface area contributed by atoms with Crippen LogP contribution in [-0.2, 0) is 18.3 Å². The van der Waals surface area contributed by atoms with Crippen LogP contribution in [0.4, 0.5) is 0 Å². The minimum atomic E-state index is -1.05. The number of carboxylic acid groups (broad SMARTS) is 1. The molecule has 0 saturated carbocycles. The van der Waals surface area contributed by atoms with Crippen LogP contribution in [0.5, 0.6) is 5.75 Å². The number of hydrogen-bond donors (Lipinski definition) is 1. The number of rotatable bonds is 7. The van der Waals surface area contributed by atoms with Crippen molar-refractivity contribution in [2.45, 2.75) is 33.3 Å². The van der Waals surface area contributed by atoms with Crippen molar-refractivity contribution in [3.63, 3.8) is 0 Å². The fourth-order valence-corrected chi connectivity index (χ4v) is 3.51. The highest BCUT2D eigenvalue weighted by Gasteiger charge is 2.33. The topological polar surface area (TPSA) is 125 Å². The van der Waals surface area contributed by atoms with Gasteiger partial charge in [0.25, 0.3) is 0 Å². The summed E-state index contributed by atoms with van der Waals surface area (Å²) in [7, 11) is 1.81. The standard InChI is InChI=1S/C25H26N6O4/c1-25(2,3)22(24(33)34)35-19-13-26-23(27-14-19)17-7-5-6-16(10-17)11-20-21(32)8-9-31(29-20)18-12-28-30(4)15-18/h5-10,12-15,22H,11H2,1-4H3,(H,33,34). The van der Waals surface area contributed by atoms with Crippen LogP contribution in [0.15, 0.2) is 66.1 Å². The van der Waals surface area contributed by atoms with Crippen molar-refractivity contribution in [2.24, 2.45) is 12.5 Å². The summed E-state index contributed by atoms with van der Waals surface area (Å²) in [4.78, 5) is 32.7. The SMILES string of the molecule is Cn1cc(-n2ccc(=O)c(Cc3cccc(-c4ncc(OC(C(=O)O)C(C)(C)C)cn4)c3)n2)cn1.